The Bertz CT molecular complexity index is 562. The van der Waals surface area contributed by atoms with Crippen LogP contribution >= 0.6 is 25.3 Å². The lowest BCUT2D eigenvalue weighted by molar-refractivity contribution is 0.340. The van der Waals surface area contributed by atoms with Gasteiger partial charge in [0, 0.05) is 5.92 Å². The highest BCUT2D eigenvalue weighted by atomic mass is 32.2. The van der Waals surface area contributed by atoms with Crippen molar-refractivity contribution >= 4 is 25.3 Å². The molecular formula is C19H24OS2. The molecule has 1 atom stereocenters. The first-order valence-corrected chi connectivity index (χ1v) is 8.60. The third-order valence-electron chi connectivity index (χ3n) is 3.76. The van der Waals surface area contributed by atoms with E-state index >= 15 is 0 Å². The number of hydrogen-bond acceptors (Lipinski definition) is 3. The standard InChI is InChI=1S/C19H24OS2/c1-3-20-17-13-11-16(12-14-17)18(19(2,21)22)10-6-9-15-7-4-5-8-15/h4-7,9,11-14,18,21-22H,3,8,10H2,1-2H3/b9-6-. The molecule has 22 heavy (non-hydrogen) atoms. The van der Waals surface area contributed by atoms with Gasteiger partial charge in [-0.1, -0.05) is 42.5 Å². The first-order valence-electron chi connectivity index (χ1n) is 7.70. The van der Waals surface area contributed by atoms with Crippen molar-refractivity contribution in [1.82, 2.24) is 0 Å². The average molecular weight is 333 g/mol. The fraction of sp³-hybridized carbons (Fsp3) is 0.368. The zero-order valence-electron chi connectivity index (χ0n) is 13.2. The molecule has 1 aliphatic rings. The van der Waals surface area contributed by atoms with E-state index < -0.39 is 0 Å². The van der Waals surface area contributed by atoms with Crippen LogP contribution in [0.25, 0.3) is 0 Å². The maximum absolute atomic E-state index is 5.51. The summed E-state index contributed by atoms with van der Waals surface area (Å²) in [7, 11) is 0. The van der Waals surface area contributed by atoms with Crippen molar-refractivity contribution in [3.05, 3.63) is 65.8 Å². The second-order valence-corrected chi connectivity index (χ2v) is 7.87. The predicted octanol–water partition coefficient (Wildman–Crippen LogP) is 5.58. The van der Waals surface area contributed by atoms with Crippen molar-refractivity contribution < 1.29 is 4.74 Å². The lowest BCUT2D eigenvalue weighted by atomic mass is 9.91. The lowest BCUT2D eigenvalue weighted by Crippen LogP contribution is -2.19. The predicted molar refractivity (Wildman–Crippen MR) is 102 cm³/mol. The number of ether oxygens (including phenoxy) is 1. The molecule has 3 heteroatoms. The van der Waals surface area contributed by atoms with E-state index in [2.05, 4.69) is 67.8 Å². The van der Waals surface area contributed by atoms with Crippen LogP contribution in [0.2, 0.25) is 0 Å². The highest BCUT2D eigenvalue weighted by Gasteiger charge is 2.27. The largest absolute Gasteiger partial charge is 0.494 e. The van der Waals surface area contributed by atoms with E-state index in [1.165, 1.54) is 11.1 Å². The fourth-order valence-corrected chi connectivity index (χ4v) is 3.09. The monoisotopic (exact) mass is 332 g/mol. The molecule has 0 N–H and O–H groups in total. The third-order valence-corrected chi connectivity index (χ3v) is 4.38. The summed E-state index contributed by atoms with van der Waals surface area (Å²) in [6, 6.07) is 8.27. The Morgan fingerprint density at radius 1 is 1.27 bits per heavy atom. The van der Waals surface area contributed by atoms with Gasteiger partial charge in [-0.3, -0.25) is 0 Å². The Balaban J connectivity index is 2.08. The molecule has 0 amide bonds. The molecule has 1 aromatic carbocycles. The van der Waals surface area contributed by atoms with Crippen LogP contribution in [-0.2, 0) is 0 Å². The molecular weight excluding hydrogens is 308 g/mol. The number of hydrogen-bond donors (Lipinski definition) is 2. The zero-order valence-corrected chi connectivity index (χ0v) is 15.0. The van der Waals surface area contributed by atoms with Gasteiger partial charge in [0.2, 0.25) is 0 Å². The van der Waals surface area contributed by atoms with E-state index in [9.17, 15) is 0 Å². The van der Waals surface area contributed by atoms with Gasteiger partial charge in [0.1, 0.15) is 5.75 Å². The first-order chi connectivity index (χ1) is 10.5. The topological polar surface area (TPSA) is 9.23 Å². The Morgan fingerprint density at radius 2 is 2.00 bits per heavy atom. The molecule has 118 valence electrons. The summed E-state index contributed by atoms with van der Waals surface area (Å²) in [5.74, 6) is 1.14. The molecule has 0 heterocycles. The zero-order chi connectivity index (χ0) is 16.0. The van der Waals surface area contributed by atoms with Gasteiger partial charge < -0.3 is 4.74 Å². The average Bonchev–Trinajstić information content (AvgIpc) is 2.97. The maximum Gasteiger partial charge on any atom is 0.119 e. The van der Waals surface area contributed by atoms with E-state index in [-0.39, 0.29) is 10.00 Å². The van der Waals surface area contributed by atoms with Gasteiger partial charge in [0.05, 0.1) is 10.7 Å². The van der Waals surface area contributed by atoms with Crippen molar-refractivity contribution in [3.8, 4) is 5.75 Å². The molecule has 1 unspecified atom stereocenters. The van der Waals surface area contributed by atoms with Crippen molar-refractivity contribution in [2.45, 2.75) is 36.7 Å². The van der Waals surface area contributed by atoms with Crippen LogP contribution < -0.4 is 4.74 Å². The van der Waals surface area contributed by atoms with Crippen molar-refractivity contribution in [2.24, 2.45) is 0 Å². The van der Waals surface area contributed by atoms with Gasteiger partial charge in [-0.05, 0) is 50.0 Å². The van der Waals surface area contributed by atoms with Crippen molar-refractivity contribution in [1.29, 1.82) is 0 Å². The smallest absolute Gasteiger partial charge is 0.119 e. The minimum atomic E-state index is -0.375. The molecule has 1 aromatic rings. The van der Waals surface area contributed by atoms with Gasteiger partial charge in [0.15, 0.2) is 0 Å². The van der Waals surface area contributed by atoms with Crippen LogP contribution in [0.5, 0.6) is 5.75 Å². The van der Waals surface area contributed by atoms with E-state index in [4.69, 9.17) is 4.74 Å². The Labute approximate surface area is 145 Å². The summed E-state index contributed by atoms with van der Waals surface area (Å²) in [5.41, 5.74) is 2.59. The van der Waals surface area contributed by atoms with E-state index in [0.29, 0.717) is 6.61 Å². The van der Waals surface area contributed by atoms with E-state index in [1.807, 2.05) is 26.0 Å². The lowest BCUT2D eigenvalue weighted by Gasteiger charge is -2.28. The first kappa shape index (κ1) is 17.3. The van der Waals surface area contributed by atoms with Gasteiger partial charge in [0.25, 0.3) is 0 Å². The van der Waals surface area contributed by atoms with E-state index in [0.717, 1.165) is 18.6 Å². The molecule has 0 bridgehead atoms. The summed E-state index contributed by atoms with van der Waals surface area (Å²) in [6.45, 7) is 4.72. The molecule has 1 aliphatic carbocycles. The van der Waals surface area contributed by atoms with Crippen molar-refractivity contribution in [3.63, 3.8) is 0 Å². The minimum absolute atomic E-state index is 0.237. The number of rotatable bonds is 7. The summed E-state index contributed by atoms with van der Waals surface area (Å²) >= 11 is 9.37. The Kier molecular flexibility index (Phi) is 6.27. The second kappa shape index (κ2) is 7.98. The number of thiol groups is 2. The summed E-state index contributed by atoms with van der Waals surface area (Å²) in [5, 5.41) is 0. The molecule has 0 spiro atoms. The van der Waals surface area contributed by atoms with Gasteiger partial charge in [-0.15, -0.1) is 0 Å². The fourth-order valence-electron chi connectivity index (χ4n) is 2.58. The maximum atomic E-state index is 5.51. The molecule has 0 fully saturated rings. The number of allylic oxidation sites excluding steroid dienone is 6. The van der Waals surface area contributed by atoms with Crippen LogP contribution in [0.4, 0.5) is 0 Å². The molecule has 0 aliphatic heterocycles. The van der Waals surface area contributed by atoms with Crippen molar-refractivity contribution in [2.75, 3.05) is 6.61 Å². The molecule has 0 saturated carbocycles. The second-order valence-electron chi connectivity index (χ2n) is 5.66. The van der Waals surface area contributed by atoms with Crippen LogP contribution in [0.3, 0.4) is 0 Å². The summed E-state index contributed by atoms with van der Waals surface area (Å²) in [4.78, 5) is 0. The van der Waals surface area contributed by atoms with Crippen LogP contribution in [-0.4, -0.2) is 10.7 Å². The highest BCUT2D eigenvalue weighted by molar-refractivity contribution is 8.00. The van der Waals surface area contributed by atoms with Gasteiger partial charge >= 0.3 is 0 Å². The third kappa shape index (κ3) is 4.99. The van der Waals surface area contributed by atoms with Gasteiger partial charge in [-0.2, -0.15) is 25.3 Å². The SMILES string of the molecule is CCOc1ccc(C(C/C=C\C2=CC=CC2)C(C)(S)S)cc1. The normalized spacial score (nSPS) is 16.1. The minimum Gasteiger partial charge on any atom is -0.494 e. The molecule has 0 aromatic heterocycles. The van der Waals surface area contributed by atoms with Crippen LogP contribution in [0, 0.1) is 0 Å². The molecule has 2 rings (SSSR count). The highest BCUT2D eigenvalue weighted by Crippen LogP contribution is 2.40. The quantitative estimate of drug-likeness (QED) is 0.490. The van der Waals surface area contributed by atoms with E-state index in [1.54, 1.807) is 0 Å². The Morgan fingerprint density at radius 3 is 2.55 bits per heavy atom. The summed E-state index contributed by atoms with van der Waals surface area (Å²) in [6.07, 6.45) is 12.8. The Hall–Kier alpha value is -1.06. The van der Waals surface area contributed by atoms with Gasteiger partial charge in [-0.25, -0.2) is 0 Å². The van der Waals surface area contributed by atoms with Crippen LogP contribution in [0.15, 0.2) is 60.2 Å². The summed E-state index contributed by atoms with van der Waals surface area (Å²) < 4.78 is 5.13. The molecule has 0 saturated heterocycles. The number of benzene rings is 1. The molecule has 1 nitrogen and oxygen atoms in total. The molecule has 0 radical (unpaired) electrons. The van der Waals surface area contributed by atoms with Crippen LogP contribution in [0.1, 0.15) is 38.2 Å².